The number of nitrogens with zero attached hydrogens (tertiary/aromatic N) is 2. The third-order valence-corrected chi connectivity index (χ3v) is 4.15. The predicted octanol–water partition coefficient (Wildman–Crippen LogP) is 3.33. The van der Waals surface area contributed by atoms with Gasteiger partial charge in [-0.1, -0.05) is 38.2 Å². The fourth-order valence-corrected chi connectivity index (χ4v) is 3.24. The molecule has 0 aliphatic heterocycles. The molecular weight excluding hydrogens is 256 g/mol. The average Bonchev–Trinajstić information content (AvgIpc) is 2.54. The van der Waals surface area contributed by atoms with E-state index in [2.05, 4.69) is 31.0 Å². The lowest BCUT2D eigenvalue weighted by Gasteiger charge is -2.11. The molecule has 102 valence electrons. The van der Waals surface area contributed by atoms with Crippen LogP contribution >= 0.6 is 11.3 Å². The second-order valence-electron chi connectivity index (χ2n) is 6.04. The van der Waals surface area contributed by atoms with Gasteiger partial charge in [0.15, 0.2) is 4.80 Å². The molecule has 4 heteroatoms. The Kier molecular flexibility index (Phi) is 3.39. The van der Waals surface area contributed by atoms with E-state index in [9.17, 15) is 4.79 Å². The first kappa shape index (κ1) is 14.0. The van der Waals surface area contributed by atoms with E-state index in [0.717, 1.165) is 10.3 Å². The maximum Gasteiger partial charge on any atom is 0.253 e. The molecule has 19 heavy (non-hydrogen) atoms. The van der Waals surface area contributed by atoms with Gasteiger partial charge in [0.1, 0.15) is 0 Å². The molecule has 1 aromatic heterocycles. The first-order valence-corrected chi connectivity index (χ1v) is 7.18. The van der Waals surface area contributed by atoms with Gasteiger partial charge in [-0.15, -0.1) is 0 Å². The molecule has 0 saturated heterocycles. The van der Waals surface area contributed by atoms with Crippen LogP contribution in [-0.2, 0) is 11.8 Å². The molecular formula is C15H20N2OS. The predicted molar refractivity (Wildman–Crippen MR) is 80.3 cm³/mol. The number of hydrogen-bond donors (Lipinski definition) is 0. The summed E-state index contributed by atoms with van der Waals surface area (Å²) in [6, 6.07) is 4.30. The van der Waals surface area contributed by atoms with Gasteiger partial charge < -0.3 is 4.57 Å². The Morgan fingerprint density at radius 1 is 1.26 bits per heavy atom. The zero-order chi connectivity index (χ0) is 14.4. The van der Waals surface area contributed by atoms with Gasteiger partial charge in [0.25, 0.3) is 5.91 Å². The third kappa shape index (κ3) is 2.63. The molecule has 0 spiro atoms. The zero-order valence-electron chi connectivity index (χ0n) is 12.4. The minimum absolute atomic E-state index is 0.0796. The lowest BCUT2D eigenvalue weighted by Crippen LogP contribution is -2.22. The summed E-state index contributed by atoms with van der Waals surface area (Å²) in [6.45, 7) is 9.85. The van der Waals surface area contributed by atoms with Crippen LogP contribution in [0.5, 0.6) is 0 Å². The van der Waals surface area contributed by atoms with Crippen molar-refractivity contribution in [3.63, 3.8) is 0 Å². The van der Waals surface area contributed by atoms with E-state index in [1.54, 1.807) is 11.3 Å². The van der Waals surface area contributed by atoms with E-state index in [-0.39, 0.29) is 5.91 Å². The first-order valence-electron chi connectivity index (χ1n) is 6.36. The summed E-state index contributed by atoms with van der Waals surface area (Å²) in [7, 11) is 1.97. The molecule has 1 amide bonds. The fourth-order valence-electron chi connectivity index (χ4n) is 2.04. The SMILES string of the molecule is Cc1cc(C)c2c(c1)sc(=NC(=O)C(C)(C)C)n2C. The van der Waals surface area contributed by atoms with Gasteiger partial charge in [0.2, 0.25) is 0 Å². The molecule has 0 N–H and O–H groups in total. The number of aromatic nitrogens is 1. The van der Waals surface area contributed by atoms with Crippen LogP contribution in [0.4, 0.5) is 0 Å². The van der Waals surface area contributed by atoms with Gasteiger partial charge >= 0.3 is 0 Å². The van der Waals surface area contributed by atoms with E-state index in [4.69, 9.17) is 0 Å². The number of fused-ring (bicyclic) bond motifs is 1. The van der Waals surface area contributed by atoms with E-state index < -0.39 is 5.41 Å². The van der Waals surface area contributed by atoms with Gasteiger partial charge in [-0.2, -0.15) is 4.99 Å². The van der Waals surface area contributed by atoms with Crippen molar-refractivity contribution >= 4 is 27.5 Å². The summed E-state index contributed by atoms with van der Waals surface area (Å²) in [6.07, 6.45) is 0. The normalized spacial score (nSPS) is 13.3. The number of carbonyl (C=O) groups excluding carboxylic acids is 1. The second kappa shape index (κ2) is 4.60. The Morgan fingerprint density at radius 2 is 1.89 bits per heavy atom. The summed E-state index contributed by atoms with van der Waals surface area (Å²) in [5, 5.41) is 0. The molecule has 0 unspecified atom stereocenters. The number of amides is 1. The van der Waals surface area contributed by atoms with Crippen molar-refractivity contribution in [1.82, 2.24) is 4.57 Å². The molecule has 0 bridgehead atoms. The highest BCUT2D eigenvalue weighted by Gasteiger charge is 2.21. The van der Waals surface area contributed by atoms with Crippen molar-refractivity contribution in [2.45, 2.75) is 34.6 Å². The van der Waals surface area contributed by atoms with E-state index >= 15 is 0 Å². The Morgan fingerprint density at radius 3 is 2.47 bits per heavy atom. The minimum Gasteiger partial charge on any atom is -0.319 e. The van der Waals surface area contributed by atoms with Crippen molar-refractivity contribution in [2.75, 3.05) is 0 Å². The molecule has 0 aliphatic rings. The first-order chi connectivity index (χ1) is 8.70. The largest absolute Gasteiger partial charge is 0.319 e. The number of benzene rings is 1. The van der Waals surface area contributed by atoms with Gasteiger partial charge in [0, 0.05) is 12.5 Å². The Hall–Kier alpha value is -1.42. The van der Waals surface area contributed by atoms with Crippen LogP contribution in [0.25, 0.3) is 10.2 Å². The highest BCUT2D eigenvalue weighted by atomic mass is 32.1. The van der Waals surface area contributed by atoms with Gasteiger partial charge in [-0.25, -0.2) is 0 Å². The highest BCUT2D eigenvalue weighted by Crippen LogP contribution is 2.22. The van der Waals surface area contributed by atoms with Crippen molar-refractivity contribution in [3.8, 4) is 0 Å². The van der Waals surface area contributed by atoms with Crippen LogP contribution in [0.2, 0.25) is 0 Å². The second-order valence-corrected chi connectivity index (χ2v) is 7.05. The number of carbonyl (C=O) groups is 1. The molecule has 1 aromatic carbocycles. The molecule has 2 rings (SSSR count). The number of hydrogen-bond acceptors (Lipinski definition) is 2. The Bertz CT molecular complexity index is 714. The molecule has 1 heterocycles. The maximum absolute atomic E-state index is 12.0. The summed E-state index contributed by atoms with van der Waals surface area (Å²) >= 11 is 1.57. The number of aryl methyl sites for hydroxylation is 3. The smallest absolute Gasteiger partial charge is 0.253 e. The van der Waals surface area contributed by atoms with Crippen molar-refractivity contribution in [2.24, 2.45) is 17.5 Å². The quantitative estimate of drug-likeness (QED) is 0.726. The maximum atomic E-state index is 12.0. The Balaban J connectivity index is 2.71. The van der Waals surface area contributed by atoms with Crippen LogP contribution < -0.4 is 4.80 Å². The molecule has 0 fully saturated rings. The van der Waals surface area contributed by atoms with Crippen LogP contribution in [0.3, 0.4) is 0 Å². The van der Waals surface area contributed by atoms with Crippen molar-refractivity contribution < 1.29 is 4.79 Å². The molecule has 0 atom stereocenters. The Labute approximate surface area is 117 Å². The van der Waals surface area contributed by atoms with Crippen LogP contribution in [0.15, 0.2) is 17.1 Å². The highest BCUT2D eigenvalue weighted by molar-refractivity contribution is 7.16. The van der Waals surface area contributed by atoms with E-state index in [1.165, 1.54) is 15.8 Å². The average molecular weight is 276 g/mol. The number of thiazole rings is 1. The third-order valence-electron chi connectivity index (χ3n) is 3.07. The molecule has 0 radical (unpaired) electrons. The summed E-state index contributed by atoms with van der Waals surface area (Å²) in [4.78, 5) is 17.1. The molecule has 0 aliphatic carbocycles. The monoisotopic (exact) mass is 276 g/mol. The lowest BCUT2D eigenvalue weighted by atomic mass is 9.96. The van der Waals surface area contributed by atoms with Crippen LogP contribution in [0.1, 0.15) is 31.9 Å². The van der Waals surface area contributed by atoms with Gasteiger partial charge in [0.05, 0.1) is 10.2 Å². The fraction of sp³-hybridized carbons (Fsp3) is 0.467. The summed E-state index contributed by atoms with van der Waals surface area (Å²) < 4.78 is 3.19. The topological polar surface area (TPSA) is 34.4 Å². The lowest BCUT2D eigenvalue weighted by molar-refractivity contribution is -0.125. The minimum atomic E-state index is -0.436. The van der Waals surface area contributed by atoms with Crippen LogP contribution in [-0.4, -0.2) is 10.5 Å². The van der Waals surface area contributed by atoms with Crippen molar-refractivity contribution in [3.05, 3.63) is 28.1 Å². The summed E-state index contributed by atoms with van der Waals surface area (Å²) in [5.74, 6) is -0.0796. The van der Waals surface area contributed by atoms with Gasteiger partial charge in [-0.3, -0.25) is 4.79 Å². The number of rotatable bonds is 0. The summed E-state index contributed by atoms with van der Waals surface area (Å²) in [5.41, 5.74) is 3.18. The zero-order valence-corrected chi connectivity index (χ0v) is 13.2. The standard InChI is InChI=1S/C15H20N2OS/c1-9-7-10(2)12-11(8-9)19-14(17(12)6)16-13(18)15(3,4)5/h7-8H,1-6H3. The molecule has 2 aromatic rings. The van der Waals surface area contributed by atoms with Crippen molar-refractivity contribution in [1.29, 1.82) is 0 Å². The van der Waals surface area contributed by atoms with E-state index in [0.29, 0.717) is 0 Å². The molecule has 0 saturated carbocycles. The molecule has 3 nitrogen and oxygen atoms in total. The van der Waals surface area contributed by atoms with Gasteiger partial charge in [-0.05, 0) is 31.0 Å². The van der Waals surface area contributed by atoms with Crippen LogP contribution in [0, 0.1) is 19.3 Å². The van der Waals surface area contributed by atoms with E-state index in [1.807, 2.05) is 32.4 Å².